The summed E-state index contributed by atoms with van der Waals surface area (Å²) in [6.45, 7) is 5.23. The van der Waals surface area contributed by atoms with E-state index in [4.69, 9.17) is 4.74 Å². The van der Waals surface area contributed by atoms with E-state index in [2.05, 4.69) is 27.4 Å². The molecule has 1 fully saturated rings. The summed E-state index contributed by atoms with van der Waals surface area (Å²) in [6, 6.07) is 8.51. The molecule has 0 saturated carbocycles. The van der Waals surface area contributed by atoms with E-state index in [9.17, 15) is 4.79 Å². The Morgan fingerprint density at radius 1 is 1.22 bits per heavy atom. The maximum Gasteiger partial charge on any atom is 0.238 e. The fourth-order valence-electron chi connectivity index (χ4n) is 3.88. The van der Waals surface area contributed by atoms with Gasteiger partial charge in [-0.05, 0) is 50.9 Å². The normalized spacial score (nSPS) is 18.1. The maximum atomic E-state index is 12.8. The van der Waals surface area contributed by atoms with Crippen LogP contribution in [0.2, 0.25) is 0 Å². The maximum absolute atomic E-state index is 12.8. The van der Waals surface area contributed by atoms with Crippen molar-refractivity contribution in [3.63, 3.8) is 0 Å². The molecule has 1 aliphatic rings. The van der Waals surface area contributed by atoms with Crippen molar-refractivity contribution in [2.24, 2.45) is 7.05 Å². The predicted octanol–water partition coefficient (Wildman–Crippen LogP) is 3.60. The summed E-state index contributed by atoms with van der Waals surface area (Å²) in [5.41, 5.74) is 3.91. The summed E-state index contributed by atoms with van der Waals surface area (Å²) >= 11 is 0. The van der Waals surface area contributed by atoms with Gasteiger partial charge in [-0.1, -0.05) is 25.0 Å². The van der Waals surface area contributed by atoms with Gasteiger partial charge in [0.05, 0.1) is 30.7 Å². The molecule has 1 aromatic carbocycles. The average molecular weight is 370 g/mol. The van der Waals surface area contributed by atoms with Crippen molar-refractivity contribution in [3.05, 3.63) is 41.2 Å². The Labute approximate surface area is 161 Å². The van der Waals surface area contributed by atoms with Crippen molar-refractivity contribution in [3.8, 4) is 5.75 Å². The molecule has 1 amide bonds. The number of rotatable bonds is 5. The number of anilines is 1. The summed E-state index contributed by atoms with van der Waals surface area (Å²) in [4.78, 5) is 15.1. The highest BCUT2D eigenvalue weighted by molar-refractivity contribution is 5.93. The number of benzene rings is 1. The Kier molecular flexibility index (Phi) is 6.16. The monoisotopic (exact) mass is 370 g/mol. The molecule has 1 unspecified atom stereocenters. The minimum atomic E-state index is 0.0228. The summed E-state index contributed by atoms with van der Waals surface area (Å²) in [6.07, 6.45) is 4.61. The van der Waals surface area contributed by atoms with Gasteiger partial charge in [0, 0.05) is 13.1 Å². The Bertz CT molecular complexity index is 782. The summed E-state index contributed by atoms with van der Waals surface area (Å²) in [7, 11) is 3.58. The molecule has 6 heteroatoms. The summed E-state index contributed by atoms with van der Waals surface area (Å²) in [5.74, 6) is 0.883. The van der Waals surface area contributed by atoms with E-state index in [1.807, 2.05) is 33.0 Å². The van der Waals surface area contributed by atoms with E-state index < -0.39 is 0 Å². The van der Waals surface area contributed by atoms with E-state index in [1.165, 1.54) is 18.4 Å². The zero-order chi connectivity index (χ0) is 19.4. The number of hydrogen-bond acceptors (Lipinski definition) is 4. The van der Waals surface area contributed by atoms with Crippen LogP contribution in [0.1, 0.15) is 48.7 Å². The average Bonchev–Trinajstić information content (AvgIpc) is 2.84. The van der Waals surface area contributed by atoms with Crippen LogP contribution in [0.3, 0.4) is 0 Å². The largest absolute Gasteiger partial charge is 0.497 e. The van der Waals surface area contributed by atoms with Crippen molar-refractivity contribution in [2.75, 3.05) is 25.5 Å². The number of ether oxygens (including phenoxy) is 1. The smallest absolute Gasteiger partial charge is 0.238 e. The molecule has 1 saturated heterocycles. The molecule has 0 radical (unpaired) electrons. The second-order valence-corrected chi connectivity index (χ2v) is 7.33. The van der Waals surface area contributed by atoms with Crippen LogP contribution in [0.25, 0.3) is 0 Å². The van der Waals surface area contributed by atoms with E-state index >= 15 is 0 Å². The van der Waals surface area contributed by atoms with Gasteiger partial charge in [-0.2, -0.15) is 5.10 Å². The standard InChI is InChI=1S/C21H30N4O2/c1-15-21(16(2)24(3)23-15)22-20(26)14-25-13-7-5-6-8-19(25)17-9-11-18(27-4)12-10-17/h9-12,19H,5-8,13-14H2,1-4H3,(H,22,26). The van der Waals surface area contributed by atoms with Gasteiger partial charge in [-0.3, -0.25) is 14.4 Å². The van der Waals surface area contributed by atoms with Crippen LogP contribution in [0, 0.1) is 13.8 Å². The number of carbonyl (C=O) groups excluding carboxylic acids is 1. The van der Waals surface area contributed by atoms with Crippen LogP contribution < -0.4 is 10.1 Å². The lowest BCUT2D eigenvalue weighted by molar-refractivity contribution is -0.117. The highest BCUT2D eigenvalue weighted by Crippen LogP contribution is 2.31. The van der Waals surface area contributed by atoms with Gasteiger partial charge < -0.3 is 10.1 Å². The van der Waals surface area contributed by atoms with Gasteiger partial charge in [0.2, 0.25) is 5.91 Å². The van der Waals surface area contributed by atoms with Gasteiger partial charge in [-0.15, -0.1) is 0 Å². The van der Waals surface area contributed by atoms with E-state index in [0.29, 0.717) is 6.54 Å². The molecule has 0 aliphatic carbocycles. The Balaban J connectivity index is 1.73. The molecule has 1 atom stereocenters. The number of nitrogens with one attached hydrogen (secondary N) is 1. The Hall–Kier alpha value is -2.34. The van der Waals surface area contributed by atoms with Gasteiger partial charge in [0.15, 0.2) is 0 Å². The molecule has 2 heterocycles. The SMILES string of the molecule is COc1ccc(C2CCCCCN2CC(=O)Nc2c(C)nn(C)c2C)cc1. The molecule has 27 heavy (non-hydrogen) atoms. The topological polar surface area (TPSA) is 59.4 Å². The number of aryl methyl sites for hydroxylation is 2. The molecule has 6 nitrogen and oxygen atoms in total. The van der Waals surface area contributed by atoms with Crippen LogP contribution in [-0.2, 0) is 11.8 Å². The molecule has 0 bridgehead atoms. The van der Waals surface area contributed by atoms with Crippen molar-refractivity contribution in [1.82, 2.24) is 14.7 Å². The van der Waals surface area contributed by atoms with Gasteiger partial charge in [-0.25, -0.2) is 0 Å². The first-order valence-corrected chi connectivity index (χ1v) is 9.67. The van der Waals surface area contributed by atoms with Crippen molar-refractivity contribution < 1.29 is 9.53 Å². The van der Waals surface area contributed by atoms with Crippen molar-refractivity contribution in [2.45, 2.75) is 45.6 Å². The molecule has 2 aromatic rings. The molecular weight excluding hydrogens is 340 g/mol. The molecule has 146 valence electrons. The lowest BCUT2D eigenvalue weighted by Crippen LogP contribution is -2.36. The second kappa shape index (κ2) is 8.57. The first-order valence-electron chi connectivity index (χ1n) is 9.67. The minimum absolute atomic E-state index is 0.0228. The van der Waals surface area contributed by atoms with E-state index in [0.717, 1.165) is 42.2 Å². The zero-order valence-electron chi connectivity index (χ0n) is 16.8. The first-order chi connectivity index (χ1) is 13.0. The molecule has 1 N–H and O–H groups in total. The quantitative estimate of drug-likeness (QED) is 0.874. The number of methoxy groups -OCH3 is 1. The van der Waals surface area contributed by atoms with Gasteiger partial charge >= 0.3 is 0 Å². The number of hydrogen-bond donors (Lipinski definition) is 1. The van der Waals surface area contributed by atoms with Crippen LogP contribution >= 0.6 is 0 Å². The lowest BCUT2D eigenvalue weighted by Gasteiger charge is -2.29. The van der Waals surface area contributed by atoms with Crippen molar-refractivity contribution >= 4 is 11.6 Å². The predicted molar refractivity (Wildman–Crippen MR) is 107 cm³/mol. The number of likely N-dealkylation sites (tertiary alicyclic amines) is 1. The molecule has 3 rings (SSSR count). The Morgan fingerprint density at radius 2 is 1.96 bits per heavy atom. The van der Waals surface area contributed by atoms with Crippen LogP contribution in [0.15, 0.2) is 24.3 Å². The molecule has 1 aliphatic heterocycles. The third-order valence-corrected chi connectivity index (χ3v) is 5.48. The highest BCUT2D eigenvalue weighted by atomic mass is 16.5. The Morgan fingerprint density at radius 3 is 2.59 bits per heavy atom. The molecule has 1 aromatic heterocycles. The van der Waals surface area contributed by atoms with Gasteiger partial charge in [0.1, 0.15) is 5.75 Å². The second-order valence-electron chi connectivity index (χ2n) is 7.33. The lowest BCUT2D eigenvalue weighted by atomic mass is 10.0. The zero-order valence-corrected chi connectivity index (χ0v) is 16.8. The number of carbonyl (C=O) groups is 1. The fraction of sp³-hybridized carbons (Fsp3) is 0.524. The van der Waals surface area contributed by atoms with E-state index in [-0.39, 0.29) is 11.9 Å². The fourth-order valence-corrected chi connectivity index (χ4v) is 3.88. The van der Waals surface area contributed by atoms with E-state index in [1.54, 1.807) is 11.8 Å². The van der Waals surface area contributed by atoms with Crippen LogP contribution in [0.5, 0.6) is 5.75 Å². The molecule has 0 spiro atoms. The minimum Gasteiger partial charge on any atom is -0.497 e. The van der Waals surface area contributed by atoms with Gasteiger partial charge in [0.25, 0.3) is 0 Å². The summed E-state index contributed by atoms with van der Waals surface area (Å²) < 4.78 is 7.08. The third kappa shape index (κ3) is 4.50. The number of amides is 1. The van der Waals surface area contributed by atoms with Crippen LogP contribution in [0.4, 0.5) is 5.69 Å². The van der Waals surface area contributed by atoms with Crippen LogP contribution in [-0.4, -0.2) is 40.8 Å². The number of nitrogens with zero attached hydrogens (tertiary/aromatic N) is 3. The third-order valence-electron chi connectivity index (χ3n) is 5.48. The number of aromatic nitrogens is 2. The highest BCUT2D eigenvalue weighted by Gasteiger charge is 2.25. The molecular formula is C21H30N4O2. The first kappa shape index (κ1) is 19.4. The summed E-state index contributed by atoms with van der Waals surface area (Å²) in [5, 5.41) is 7.45. The van der Waals surface area contributed by atoms with Crippen molar-refractivity contribution in [1.29, 1.82) is 0 Å².